The second-order valence-electron chi connectivity index (χ2n) is 12.6. The first-order valence-electron chi connectivity index (χ1n) is 15.4. The molecule has 1 unspecified atom stereocenters. The van der Waals surface area contributed by atoms with Gasteiger partial charge in [0.2, 0.25) is 0 Å². The molecule has 1 aromatic heterocycles. The second-order valence-corrected chi connectivity index (χ2v) is 12.6. The number of benzene rings is 3. The monoisotopic (exact) mass is 593 g/mol. The molecule has 8 nitrogen and oxygen atoms in total. The highest BCUT2D eigenvalue weighted by atomic mass is 16.5. The van der Waals surface area contributed by atoms with Crippen LogP contribution in [0, 0.1) is 12.8 Å². The first-order valence-corrected chi connectivity index (χ1v) is 15.4. The summed E-state index contributed by atoms with van der Waals surface area (Å²) in [5.41, 5.74) is 4.23. The summed E-state index contributed by atoms with van der Waals surface area (Å²) in [7, 11) is 0. The zero-order chi connectivity index (χ0) is 31.1. The Labute approximate surface area is 260 Å². The molecule has 4 aromatic rings. The summed E-state index contributed by atoms with van der Waals surface area (Å²) in [4.78, 5) is 27.0. The molecule has 0 saturated carbocycles. The average molecular weight is 594 g/mol. The van der Waals surface area contributed by atoms with Crippen LogP contribution in [0.1, 0.15) is 62.8 Å². The third kappa shape index (κ3) is 7.94. The number of ether oxygens (including phenoxy) is 1. The minimum absolute atomic E-state index is 0.158. The number of ketones is 1. The molecule has 230 valence electrons. The van der Waals surface area contributed by atoms with E-state index in [0.29, 0.717) is 24.5 Å². The van der Waals surface area contributed by atoms with Crippen molar-refractivity contribution in [2.75, 3.05) is 30.3 Å². The first kappa shape index (κ1) is 31.0. The number of aromatic nitrogens is 2. The number of piperidine rings is 1. The first-order chi connectivity index (χ1) is 21.2. The SMILES string of the molecule is Cc1ccc(-n2nc(C(C)(C)C)cc2NC(=O)Nc2cccc(C(C(=O)CCOc3ccccc3)C3CCNCC3)c2)cc1. The van der Waals surface area contributed by atoms with Gasteiger partial charge in [-0.2, -0.15) is 5.10 Å². The van der Waals surface area contributed by atoms with Crippen LogP contribution in [-0.4, -0.2) is 41.3 Å². The molecule has 0 radical (unpaired) electrons. The quantitative estimate of drug-likeness (QED) is 0.180. The Morgan fingerprint density at radius 2 is 1.68 bits per heavy atom. The van der Waals surface area contributed by atoms with Gasteiger partial charge in [0.25, 0.3) is 0 Å². The fraction of sp³-hybridized carbons (Fsp3) is 0.361. The molecule has 1 aliphatic rings. The number of nitrogens with one attached hydrogen (secondary N) is 3. The minimum atomic E-state index is -0.378. The number of hydrogen-bond acceptors (Lipinski definition) is 5. The van der Waals surface area contributed by atoms with Crippen LogP contribution in [0.15, 0.2) is 84.9 Å². The minimum Gasteiger partial charge on any atom is -0.493 e. The maximum absolute atomic E-state index is 13.7. The molecule has 8 heteroatoms. The Morgan fingerprint density at radius 1 is 0.955 bits per heavy atom. The smallest absolute Gasteiger partial charge is 0.324 e. The molecule has 0 spiro atoms. The van der Waals surface area contributed by atoms with Crippen molar-refractivity contribution in [2.24, 2.45) is 5.92 Å². The van der Waals surface area contributed by atoms with Crippen molar-refractivity contribution < 1.29 is 14.3 Å². The van der Waals surface area contributed by atoms with E-state index < -0.39 is 0 Å². The Hall–Kier alpha value is -4.43. The van der Waals surface area contributed by atoms with Gasteiger partial charge in [0, 0.05) is 29.5 Å². The lowest BCUT2D eigenvalue weighted by Gasteiger charge is -2.30. The lowest BCUT2D eigenvalue weighted by Crippen LogP contribution is -2.34. The third-order valence-electron chi connectivity index (χ3n) is 8.06. The van der Waals surface area contributed by atoms with Crippen molar-refractivity contribution in [1.82, 2.24) is 15.1 Å². The number of amides is 2. The van der Waals surface area contributed by atoms with Crippen molar-refractivity contribution in [3.8, 4) is 11.4 Å². The Morgan fingerprint density at radius 3 is 2.39 bits per heavy atom. The molecule has 2 amide bonds. The van der Waals surface area contributed by atoms with Crippen LogP contribution in [0.4, 0.5) is 16.3 Å². The standard InChI is InChI=1S/C36H43N5O3/c1-25-13-15-29(16-14-25)41-33(24-32(40-41)36(2,3)4)39-35(43)38-28-10-8-9-27(23-28)34(26-17-20-37-21-18-26)31(42)19-22-44-30-11-6-5-7-12-30/h5-16,23-24,26,34,37H,17-22H2,1-4H3,(H2,38,39,43). The highest BCUT2D eigenvalue weighted by Gasteiger charge is 2.31. The molecule has 0 bridgehead atoms. The van der Waals surface area contributed by atoms with Crippen molar-refractivity contribution in [2.45, 2.75) is 58.3 Å². The van der Waals surface area contributed by atoms with Crippen LogP contribution in [0.25, 0.3) is 5.69 Å². The highest BCUT2D eigenvalue weighted by Crippen LogP contribution is 2.34. The Kier molecular flexibility index (Phi) is 9.80. The number of carbonyl (C=O) groups is 2. The number of para-hydroxylation sites is 1. The summed E-state index contributed by atoms with van der Waals surface area (Å²) >= 11 is 0. The van der Waals surface area contributed by atoms with E-state index in [0.717, 1.165) is 54.2 Å². The van der Waals surface area contributed by atoms with Gasteiger partial charge in [-0.05, 0) is 80.7 Å². The number of aryl methyl sites for hydroxylation is 1. The fourth-order valence-electron chi connectivity index (χ4n) is 5.65. The predicted octanol–water partition coefficient (Wildman–Crippen LogP) is 7.24. The molecule has 5 rings (SSSR count). The van der Waals surface area contributed by atoms with Gasteiger partial charge in [-0.3, -0.25) is 10.1 Å². The van der Waals surface area contributed by atoms with Gasteiger partial charge in [0.05, 0.1) is 18.0 Å². The van der Waals surface area contributed by atoms with Crippen molar-refractivity contribution in [3.63, 3.8) is 0 Å². The number of rotatable bonds is 10. The summed E-state index contributed by atoms with van der Waals surface area (Å²) in [6, 6.07) is 26.8. The lowest BCUT2D eigenvalue weighted by atomic mass is 9.77. The molecule has 3 aromatic carbocycles. The zero-order valence-corrected chi connectivity index (χ0v) is 26.1. The molecule has 3 N–H and O–H groups in total. The fourth-order valence-corrected chi connectivity index (χ4v) is 5.65. The van der Waals surface area contributed by atoms with E-state index >= 15 is 0 Å². The number of hydrogen-bond donors (Lipinski definition) is 3. The van der Waals surface area contributed by atoms with Gasteiger partial charge < -0.3 is 15.4 Å². The van der Waals surface area contributed by atoms with Gasteiger partial charge in [0.15, 0.2) is 0 Å². The van der Waals surface area contributed by atoms with Gasteiger partial charge in [-0.25, -0.2) is 9.48 Å². The van der Waals surface area contributed by atoms with Crippen molar-refractivity contribution in [1.29, 1.82) is 0 Å². The van der Waals surface area contributed by atoms with Gasteiger partial charge >= 0.3 is 6.03 Å². The van der Waals surface area contributed by atoms with E-state index in [2.05, 4.69) is 36.7 Å². The summed E-state index contributed by atoms with van der Waals surface area (Å²) in [5, 5.41) is 14.2. The van der Waals surface area contributed by atoms with Crippen LogP contribution >= 0.6 is 0 Å². The summed E-state index contributed by atoms with van der Waals surface area (Å²) < 4.78 is 7.61. The predicted molar refractivity (Wildman–Crippen MR) is 176 cm³/mol. The normalized spacial score (nSPS) is 14.5. The molecule has 1 fully saturated rings. The van der Waals surface area contributed by atoms with Gasteiger partial charge in [0.1, 0.15) is 17.4 Å². The Bertz CT molecular complexity index is 1550. The Balaban J connectivity index is 1.32. The van der Waals surface area contributed by atoms with Gasteiger partial charge in [-0.1, -0.05) is 68.8 Å². The number of Topliss-reactive ketones (excluding diaryl/α,β-unsaturated/α-hetero) is 1. The number of urea groups is 1. The van der Waals surface area contributed by atoms with Crippen LogP contribution in [0.3, 0.4) is 0 Å². The van der Waals surface area contributed by atoms with E-state index in [4.69, 9.17) is 9.84 Å². The summed E-state index contributed by atoms with van der Waals surface area (Å²) in [6.07, 6.45) is 2.17. The lowest BCUT2D eigenvalue weighted by molar-refractivity contribution is -0.122. The van der Waals surface area contributed by atoms with E-state index in [-0.39, 0.29) is 29.1 Å². The molecule has 1 atom stereocenters. The number of nitrogens with zero attached hydrogens (tertiary/aromatic N) is 2. The van der Waals surface area contributed by atoms with Gasteiger partial charge in [-0.15, -0.1) is 0 Å². The molecule has 44 heavy (non-hydrogen) atoms. The molecule has 2 heterocycles. The maximum Gasteiger partial charge on any atom is 0.324 e. The summed E-state index contributed by atoms with van der Waals surface area (Å²) in [5.74, 6) is 1.46. The van der Waals surface area contributed by atoms with E-state index in [9.17, 15) is 9.59 Å². The van der Waals surface area contributed by atoms with Crippen LogP contribution in [0.5, 0.6) is 5.75 Å². The van der Waals surface area contributed by atoms with E-state index in [1.54, 1.807) is 4.68 Å². The van der Waals surface area contributed by atoms with Crippen LogP contribution < -0.4 is 20.7 Å². The highest BCUT2D eigenvalue weighted by molar-refractivity contribution is 5.99. The summed E-state index contributed by atoms with van der Waals surface area (Å²) in [6.45, 7) is 10.4. The zero-order valence-electron chi connectivity index (χ0n) is 26.1. The van der Waals surface area contributed by atoms with Crippen LogP contribution in [0.2, 0.25) is 0 Å². The largest absolute Gasteiger partial charge is 0.493 e. The molecule has 0 aliphatic carbocycles. The third-order valence-corrected chi connectivity index (χ3v) is 8.06. The van der Waals surface area contributed by atoms with Crippen molar-refractivity contribution in [3.05, 3.63) is 102 Å². The topological polar surface area (TPSA) is 97.3 Å². The van der Waals surface area contributed by atoms with E-state index in [1.165, 1.54) is 0 Å². The maximum atomic E-state index is 13.7. The van der Waals surface area contributed by atoms with E-state index in [1.807, 2.05) is 91.9 Å². The molecular formula is C36H43N5O3. The molecule has 1 saturated heterocycles. The number of anilines is 2. The molecular weight excluding hydrogens is 550 g/mol. The second kappa shape index (κ2) is 13.9. The van der Waals surface area contributed by atoms with Crippen LogP contribution in [-0.2, 0) is 10.2 Å². The average Bonchev–Trinajstić information content (AvgIpc) is 3.43. The molecule has 1 aliphatic heterocycles. The number of carbonyl (C=O) groups excluding carboxylic acids is 2. The van der Waals surface area contributed by atoms with Crippen molar-refractivity contribution >= 4 is 23.3 Å².